The van der Waals surface area contributed by atoms with Crippen LogP contribution in [0.3, 0.4) is 0 Å². The molecule has 1 aliphatic carbocycles. The Morgan fingerprint density at radius 2 is 2.10 bits per heavy atom. The number of ether oxygens (including phenoxy) is 1. The molecule has 1 aromatic heterocycles. The van der Waals surface area contributed by atoms with Crippen molar-refractivity contribution >= 4 is 34.4 Å². The average Bonchev–Trinajstić information content (AvgIpc) is 3.33. The number of aryl methyl sites for hydroxylation is 1. The van der Waals surface area contributed by atoms with Crippen LogP contribution < -0.4 is 10.1 Å². The van der Waals surface area contributed by atoms with Gasteiger partial charge in [-0.15, -0.1) is 11.8 Å². The number of H-pyrrole nitrogens is 1. The summed E-state index contributed by atoms with van der Waals surface area (Å²) in [4.78, 5) is 30.7. The first-order valence-electron chi connectivity index (χ1n) is 14.3. The van der Waals surface area contributed by atoms with Gasteiger partial charge in [0.1, 0.15) is 11.5 Å². The number of carbonyl (C=O) groups excluding carboxylic acids is 2. The second kappa shape index (κ2) is 12.3. The van der Waals surface area contributed by atoms with E-state index in [1.54, 1.807) is 25.7 Å². The van der Waals surface area contributed by atoms with Gasteiger partial charge < -0.3 is 15.0 Å². The van der Waals surface area contributed by atoms with Crippen LogP contribution in [-0.4, -0.2) is 65.4 Å². The normalized spacial score (nSPS) is 21.5. The number of thioether (sulfide) groups is 1. The fraction of sp³-hybridized carbons (Fsp3) is 0.500. The van der Waals surface area contributed by atoms with Crippen LogP contribution >= 0.6 is 11.8 Å². The molecule has 0 bridgehead atoms. The number of hydrogen-bond acceptors (Lipinski definition) is 6. The Labute approximate surface area is 236 Å². The molecule has 3 unspecified atom stereocenters. The third kappa shape index (κ3) is 6.11. The monoisotopic (exact) mass is 547 g/mol. The molecular weight excluding hydrogens is 506 g/mol. The largest absolute Gasteiger partial charge is 0.426 e. The van der Waals surface area contributed by atoms with Gasteiger partial charge in [-0.05, 0) is 99.2 Å². The molecule has 0 spiro atoms. The van der Waals surface area contributed by atoms with Crippen LogP contribution in [0, 0.1) is 12.8 Å². The molecular formula is C32H41N3O3S. The van der Waals surface area contributed by atoms with Crippen LogP contribution in [-0.2, 0) is 22.4 Å². The van der Waals surface area contributed by atoms with Crippen molar-refractivity contribution in [2.24, 2.45) is 5.92 Å². The van der Waals surface area contributed by atoms with Gasteiger partial charge in [-0.2, -0.15) is 0 Å². The number of likely N-dealkylation sites (N-methyl/N-ethyl adjacent to an activating group) is 1. The van der Waals surface area contributed by atoms with Crippen molar-refractivity contribution in [1.29, 1.82) is 0 Å². The predicted octanol–water partition coefficient (Wildman–Crippen LogP) is 5.27. The molecule has 2 aromatic carbocycles. The molecule has 2 aliphatic rings. The van der Waals surface area contributed by atoms with Crippen molar-refractivity contribution in [3.8, 4) is 5.75 Å². The van der Waals surface area contributed by atoms with E-state index in [2.05, 4.69) is 46.5 Å². The van der Waals surface area contributed by atoms with Gasteiger partial charge in [0.05, 0.1) is 11.8 Å². The highest BCUT2D eigenvalue weighted by Gasteiger charge is 2.40. The first-order chi connectivity index (χ1) is 18.9. The number of aromatic amines is 1. The maximum Gasteiger partial charge on any atom is 0.321 e. The number of hydrogen-bond donors (Lipinski definition) is 2. The Morgan fingerprint density at radius 3 is 2.85 bits per heavy atom. The number of esters is 1. The molecule has 6 nitrogen and oxygen atoms in total. The molecule has 0 saturated carbocycles. The number of benzene rings is 2. The van der Waals surface area contributed by atoms with E-state index in [0.717, 1.165) is 42.8 Å². The molecule has 7 heteroatoms. The molecule has 39 heavy (non-hydrogen) atoms. The third-order valence-electron chi connectivity index (χ3n) is 8.49. The van der Waals surface area contributed by atoms with Crippen molar-refractivity contribution in [2.45, 2.75) is 64.5 Å². The topological polar surface area (TPSA) is 74.4 Å². The first kappa shape index (κ1) is 27.9. The summed E-state index contributed by atoms with van der Waals surface area (Å²) in [7, 11) is 1.80. The van der Waals surface area contributed by atoms with Gasteiger partial charge in [0.2, 0.25) is 0 Å². The summed E-state index contributed by atoms with van der Waals surface area (Å²) in [5.74, 6) is 2.91. The quantitative estimate of drug-likeness (QED) is 0.252. The van der Waals surface area contributed by atoms with Crippen molar-refractivity contribution in [3.63, 3.8) is 0 Å². The Kier molecular flexibility index (Phi) is 8.79. The minimum absolute atomic E-state index is 0.115. The minimum Gasteiger partial charge on any atom is -0.426 e. The predicted molar refractivity (Wildman–Crippen MR) is 160 cm³/mol. The van der Waals surface area contributed by atoms with Crippen molar-refractivity contribution in [3.05, 3.63) is 64.8 Å². The summed E-state index contributed by atoms with van der Waals surface area (Å²) in [6, 6.07) is 12.9. The molecule has 1 saturated heterocycles. The Bertz CT molecular complexity index is 1340. The number of nitrogens with one attached hydrogen (secondary N) is 2. The molecule has 0 radical (unpaired) electrons. The zero-order valence-corrected chi connectivity index (χ0v) is 24.4. The van der Waals surface area contributed by atoms with Crippen molar-refractivity contribution in [1.82, 2.24) is 15.2 Å². The number of ketones is 1. The standard InChI is InChI=1S/C32H41N3O3S/c1-5-11-35-17-23(13-26-25-7-6-8-27-32(25)24(16-34-27)15-29(26)35)18-39-19-31(37)38-30-10-9-22(12-20(30)2)14-28(33-4)21(3)36/h6-10,12,16,23,26,28-29,33-34H,5,11,13-15,17-19H2,1-4H3/t23-,26?,28?,29?/m1/s1. The molecule has 0 amide bonds. The van der Waals surface area contributed by atoms with E-state index in [1.165, 1.54) is 28.5 Å². The van der Waals surface area contributed by atoms with Gasteiger partial charge >= 0.3 is 5.97 Å². The molecule has 2 heterocycles. The van der Waals surface area contributed by atoms with Gasteiger partial charge in [-0.25, -0.2) is 0 Å². The molecule has 3 aromatic rings. The number of carbonyl (C=O) groups is 2. The second-order valence-corrected chi connectivity index (χ2v) is 12.3. The number of nitrogens with zero attached hydrogens (tertiary/aromatic N) is 1. The summed E-state index contributed by atoms with van der Waals surface area (Å²) in [6.45, 7) is 8.04. The number of aromatic nitrogens is 1. The molecule has 208 valence electrons. The van der Waals surface area contributed by atoms with Gasteiger partial charge in [0, 0.05) is 35.6 Å². The molecule has 4 atom stereocenters. The van der Waals surface area contributed by atoms with Gasteiger partial charge in [-0.3, -0.25) is 14.5 Å². The van der Waals surface area contributed by atoms with E-state index in [-0.39, 0.29) is 17.8 Å². The van der Waals surface area contributed by atoms with Gasteiger partial charge in [0.15, 0.2) is 0 Å². The summed E-state index contributed by atoms with van der Waals surface area (Å²) in [5, 5.41) is 4.50. The van der Waals surface area contributed by atoms with E-state index in [9.17, 15) is 9.59 Å². The van der Waals surface area contributed by atoms with E-state index >= 15 is 0 Å². The lowest BCUT2D eigenvalue weighted by Gasteiger charge is -2.47. The fourth-order valence-electron chi connectivity index (χ4n) is 6.66. The highest BCUT2D eigenvalue weighted by molar-refractivity contribution is 7.99. The van der Waals surface area contributed by atoms with E-state index in [1.807, 2.05) is 25.1 Å². The molecule has 5 rings (SSSR count). The fourth-order valence-corrected chi connectivity index (χ4v) is 7.58. The lowest BCUT2D eigenvalue weighted by atomic mass is 9.72. The highest BCUT2D eigenvalue weighted by atomic mass is 32.2. The smallest absolute Gasteiger partial charge is 0.321 e. The minimum atomic E-state index is -0.205. The van der Waals surface area contributed by atoms with Crippen molar-refractivity contribution in [2.75, 3.05) is 31.6 Å². The van der Waals surface area contributed by atoms with E-state index in [0.29, 0.717) is 35.8 Å². The SMILES string of the molecule is CCCN1C[C@H](CSCC(=O)Oc2ccc(CC(NC)C(C)=O)cc2C)CC2c3cccc4[nH]cc(c34)CC21. The zero-order chi connectivity index (χ0) is 27.5. The lowest BCUT2D eigenvalue weighted by Crippen LogP contribution is -2.50. The maximum absolute atomic E-state index is 12.7. The van der Waals surface area contributed by atoms with Gasteiger partial charge in [-0.1, -0.05) is 31.2 Å². The summed E-state index contributed by atoms with van der Waals surface area (Å²) < 4.78 is 5.73. The number of Topliss-reactive ketones (excluding diaryl/α,β-unsaturated/α-hetero) is 1. The number of likely N-dealkylation sites (tertiary alicyclic amines) is 1. The van der Waals surface area contributed by atoms with Crippen LogP contribution in [0.5, 0.6) is 5.75 Å². The van der Waals surface area contributed by atoms with Crippen LogP contribution in [0.15, 0.2) is 42.6 Å². The zero-order valence-electron chi connectivity index (χ0n) is 23.6. The Morgan fingerprint density at radius 1 is 1.26 bits per heavy atom. The van der Waals surface area contributed by atoms with Crippen molar-refractivity contribution < 1.29 is 14.3 Å². The molecule has 1 aliphatic heterocycles. The number of piperidine rings is 1. The first-order valence-corrected chi connectivity index (χ1v) is 15.4. The summed E-state index contributed by atoms with van der Waals surface area (Å²) in [6.07, 6.45) is 6.28. The van der Waals surface area contributed by atoms with Crippen LogP contribution in [0.4, 0.5) is 0 Å². The third-order valence-corrected chi connectivity index (χ3v) is 9.64. The number of fused-ring (bicyclic) bond motifs is 2. The second-order valence-electron chi connectivity index (χ2n) is 11.3. The lowest BCUT2D eigenvalue weighted by molar-refractivity contribution is -0.131. The highest BCUT2D eigenvalue weighted by Crippen LogP contribution is 2.45. The van der Waals surface area contributed by atoms with Crippen LogP contribution in [0.2, 0.25) is 0 Å². The number of rotatable bonds is 11. The van der Waals surface area contributed by atoms with Crippen LogP contribution in [0.25, 0.3) is 10.9 Å². The summed E-state index contributed by atoms with van der Waals surface area (Å²) in [5.41, 5.74) is 6.18. The maximum atomic E-state index is 12.7. The van der Waals surface area contributed by atoms with Crippen LogP contribution in [0.1, 0.15) is 54.9 Å². The average molecular weight is 548 g/mol. The Balaban J connectivity index is 1.17. The van der Waals surface area contributed by atoms with Gasteiger partial charge in [0.25, 0.3) is 0 Å². The van der Waals surface area contributed by atoms with E-state index < -0.39 is 0 Å². The molecule has 1 fully saturated rings. The summed E-state index contributed by atoms with van der Waals surface area (Å²) >= 11 is 1.70. The molecule has 2 N–H and O–H groups in total. The van der Waals surface area contributed by atoms with E-state index in [4.69, 9.17) is 4.74 Å². The Hall–Kier alpha value is -2.61.